The summed E-state index contributed by atoms with van der Waals surface area (Å²) in [5, 5.41) is 6.66. The van der Waals surface area contributed by atoms with Crippen LogP contribution in [0.5, 0.6) is 0 Å². The lowest BCUT2D eigenvalue weighted by Gasteiger charge is -2.15. The van der Waals surface area contributed by atoms with Crippen molar-refractivity contribution in [1.82, 2.24) is 20.2 Å². The number of aryl methyl sites for hydroxylation is 1. The molecule has 3 aromatic rings. The van der Waals surface area contributed by atoms with Crippen molar-refractivity contribution >= 4 is 17.0 Å². The molecule has 1 aromatic heterocycles. The molecule has 0 aliphatic heterocycles. The molecular formula is C22H29N5O. The Kier molecular flexibility index (Phi) is 7.03. The molecule has 28 heavy (non-hydrogen) atoms. The van der Waals surface area contributed by atoms with Crippen LogP contribution < -0.4 is 10.6 Å². The van der Waals surface area contributed by atoms with Crippen molar-refractivity contribution in [2.45, 2.75) is 26.0 Å². The zero-order chi connectivity index (χ0) is 19.8. The average Bonchev–Trinajstić information content (AvgIpc) is 3.06. The molecule has 0 amide bonds. The van der Waals surface area contributed by atoms with Gasteiger partial charge in [0.25, 0.3) is 0 Å². The third-order valence-electron chi connectivity index (χ3n) is 4.77. The van der Waals surface area contributed by atoms with Gasteiger partial charge in [-0.05, 0) is 31.0 Å². The Morgan fingerprint density at radius 3 is 2.61 bits per heavy atom. The highest BCUT2D eigenvalue weighted by Crippen LogP contribution is 2.16. The number of nitrogens with zero attached hydrogens (tertiary/aromatic N) is 3. The summed E-state index contributed by atoms with van der Waals surface area (Å²) in [7, 11) is 3.81. The van der Waals surface area contributed by atoms with Crippen molar-refractivity contribution in [1.29, 1.82) is 0 Å². The minimum atomic E-state index is 0.108. The predicted molar refractivity (Wildman–Crippen MR) is 114 cm³/mol. The number of aliphatic imine (C=N–C) groups is 1. The SMILES string of the molecule is CN=C(NCCCOC(C)c1ccccc1)NCc1nc2ccccc2n1C. The van der Waals surface area contributed by atoms with Crippen LogP contribution in [0.1, 0.15) is 30.8 Å². The Hall–Kier alpha value is -2.86. The molecule has 1 unspecified atom stereocenters. The second-order valence-corrected chi connectivity index (χ2v) is 6.71. The molecule has 6 heteroatoms. The molecule has 3 rings (SSSR count). The van der Waals surface area contributed by atoms with Crippen LogP contribution in [0.4, 0.5) is 0 Å². The number of benzene rings is 2. The minimum absolute atomic E-state index is 0.108. The molecule has 1 heterocycles. The van der Waals surface area contributed by atoms with Gasteiger partial charge in [0.15, 0.2) is 5.96 Å². The van der Waals surface area contributed by atoms with E-state index in [9.17, 15) is 0 Å². The Morgan fingerprint density at radius 1 is 1.11 bits per heavy atom. The monoisotopic (exact) mass is 379 g/mol. The van der Waals surface area contributed by atoms with Crippen LogP contribution in [0.25, 0.3) is 11.0 Å². The molecule has 2 N–H and O–H groups in total. The number of aromatic nitrogens is 2. The Morgan fingerprint density at radius 2 is 1.86 bits per heavy atom. The van der Waals surface area contributed by atoms with Gasteiger partial charge in [0.1, 0.15) is 5.82 Å². The van der Waals surface area contributed by atoms with Crippen molar-refractivity contribution in [2.24, 2.45) is 12.0 Å². The first-order chi connectivity index (χ1) is 13.7. The van der Waals surface area contributed by atoms with Gasteiger partial charge in [0, 0.05) is 27.2 Å². The van der Waals surface area contributed by atoms with Gasteiger partial charge in [-0.1, -0.05) is 42.5 Å². The van der Waals surface area contributed by atoms with Crippen molar-refractivity contribution in [2.75, 3.05) is 20.2 Å². The molecule has 6 nitrogen and oxygen atoms in total. The maximum Gasteiger partial charge on any atom is 0.191 e. The first kappa shape index (κ1) is 19.9. The fourth-order valence-electron chi connectivity index (χ4n) is 3.10. The lowest BCUT2D eigenvalue weighted by molar-refractivity contribution is 0.0646. The fourth-order valence-corrected chi connectivity index (χ4v) is 3.10. The van der Waals surface area contributed by atoms with Gasteiger partial charge in [-0.15, -0.1) is 0 Å². The van der Waals surface area contributed by atoms with Gasteiger partial charge in [0.05, 0.1) is 23.7 Å². The van der Waals surface area contributed by atoms with E-state index in [0.29, 0.717) is 13.2 Å². The molecule has 0 fully saturated rings. The molecular weight excluding hydrogens is 350 g/mol. The smallest absolute Gasteiger partial charge is 0.191 e. The summed E-state index contributed by atoms with van der Waals surface area (Å²) in [5.74, 6) is 1.74. The van der Waals surface area contributed by atoms with Gasteiger partial charge in [0.2, 0.25) is 0 Å². The Bertz CT molecular complexity index is 904. The molecule has 0 aliphatic rings. The van der Waals surface area contributed by atoms with Crippen molar-refractivity contribution < 1.29 is 4.74 Å². The quantitative estimate of drug-likeness (QED) is 0.358. The number of fused-ring (bicyclic) bond motifs is 1. The number of hydrogen-bond acceptors (Lipinski definition) is 3. The third-order valence-corrected chi connectivity index (χ3v) is 4.77. The molecule has 0 saturated carbocycles. The number of imidazole rings is 1. The van der Waals surface area contributed by atoms with E-state index in [2.05, 4.69) is 50.3 Å². The van der Waals surface area contributed by atoms with E-state index in [-0.39, 0.29) is 6.10 Å². The van der Waals surface area contributed by atoms with Crippen molar-refractivity contribution in [3.05, 3.63) is 66.0 Å². The van der Waals surface area contributed by atoms with E-state index in [4.69, 9.17) is 4.74 Å². The minimum Gasteiger partial charge on any atom is -0.374 e. The first-order valence-electron chi connectivity index (χ1n) is 9.70. The summed E-state index contributed by atoms with van der Waals surface area (Å²) >= 11 is 0. The van der Waals surface area contributed by atoms with Gasteiger partial charge < -0.3 is 19.9 Å². The molecule has 0 saturated heterocycles. The zero-order valence-corrected chi connectivity index (χ0v) is 16.9. The van der Waals surface area contributed by atoms with Crippen LogP contribution in [-0.4, -0.2) is 35.7 Å². The van der Waals surface area contributed by atoms with E-state index in [1.807, 2.05) is 43.4 Å². The standard InChI is InChI=1S/C22H29N5O/c1-17(18-10-5-4-6-11-18)28-15-9-14-24-22(23-2)25-16-21-26-19-12-7-8-13-20(19)27(21)3/h4-8,10-13,17H,9,14-16H2,1-3H3,(H2,23,24,25). The van der Waals surface area contributed by atoms with Gasteiger partial charge in [-0.3, -0.25) is 4.99 Å². The van der Waals surface area contributed by atoms with Crippen LogP contribution in [0.15, 0.2) is 59.6 Å². The zero-order valence-electron chi connectivity index (χ0n) is 16.9. The lowest BCUT2D eigenvalue weighted by atomic mass is 10.1. The maximum absolute atomic E-state index is 5.91. The van der Waals surface area contributed by atoms with E-state index in [1.54, 1.807) is 7.05 Å². The first-order valence-corrected chi connectivity index (χ1v) is 9.70. The number of rotatable bonds is 8. The summed E-state index contributed by atoms with van der Waals surface area (Å²) < 4.78 is 8.01. The Balaban J connectivity index is 1.39. The summed E-state index contributed by atoms with van der Waals surface area (Å²) in [5.41, 5.74) is 3.34. The topological polar surface area (TPSA) is 63.5 Å². The van der Waals surface area contributed by atoms with Gasteiger partial charge in [-0.25, -0.2) is 4.98 Å². The second-order valence-electron chi connectivity index (χ2n) is 6.71. The third kappa shape index (κ3) is 5.10. The fraction of sp³-hybridized carbons (Fsp3) is 0.364. The molecule has 1 atom stereocenters. The molecule has 0 spiro atoms. The normalized spacial score (nSPS) is 12.9. The summed E-state index contributed by atoms with van der Waals surface area (Å²) in [6.07, 6.45) is 1.01. The lowest BCUT2D eigenvalue weighted by Crippen LogP contribution is -2.38. The Labute approximate surface area is 166 Å². The van der Waals surface area contributed by atoms with Crippen LogP contribution in [-0.2, 0) is 18.3 Å². The molecule has 2 aromatic carbocycles. The van der Waals surface area contributed by atoms with Crippen molar-refractivity contribution in [3.63, 3.8) is 0 Å². The van der Waals surface area contributed by atoms with E-state index in [0.717, 1.165) is 35.8 Å². The van der Waals surface area contributed by atoms with E-state index >= 15 is 0 Å². The molecule has 0 aliphatic carbocycles. The van der Waals surface area contributed by atoms with Crippen LogP contribution in [0.3, 0.4) is 0 Å². The highest BCUT2D eigenvalue weighted by atomic mass is 16.5. The highest BCUT2D eigenvalue weighted by molar-refractivity contribution is 5.80. The molecule has 0 radical (unpaired) electrons. The number of hydrogen-bond donors (Lipinski definition) is 2. The van der Waals surface area contributed by atoms with E-state index in [1.165, 1.54) is 5.56 Å². The number of guanidine groups is 1. The second kappa shape index (κ2) is 9.90. The van der Waals surface area contributed by atoms with E-state index < -0.39 is 0 Å². The maximum atomic E-state index is 5.91. The van der Waals surface area contributed by atoms with Gasteiger partial charge in [-0.2, -0.15) is 0 Å². The summed E-state index contributed by atoms with van der Waals surface area (Å²) in [6.45, 7) is 4.20. The van der Waals surface area contributed by atoms with Crippen LogP contribution in [0, 0.1) is 0 Å². The predicted octanol–water partition coefficient (Wildman–Crippen LogP) is 3.41. The van der Waals surface area contributed by atoms with Crippen molar-refractivity contribution in [3.8, 4) is 0 Å². The van der Waals surface area contributed by atoms with Gasteiger partial charge >= 0.3 is 0 Å². The van der Waals surface area contributed by atoms with Crippen LogP contribution >= 0.6 is 0 Å². The highest BCUT2D eigenvalue weighted by Gasteiger charge is 2.08. The summed E-state index contributed by atoms with van der Waals surface area (Å²) in [4.78, 5) is 8.96. The summed E-state index contributed by atoms with van der Waals surface area (Å²) in [6, 6.07) is 18.4. The van der Waals surface area contributed by atoms with Crippen LogP contribution in [0.2, 0.25) is 0 Å². The largest absolute Gasteiger partial charge is 0.374 e. The number of nitrogens with one attached hydrogen (secondary N) is 2. The average molecular weight is 380 g/mol. The number of ether oxygens (including phenoxy) is 1. The molecule has 0 bridgehead atoms. The number of para-hydroxylation sites is 2. The molecule has 148 valence electrons.